The second kappa shape index (κ2) is 9.91. The minimum atomic E-state index is -0.0963. The number of nitriles is 1. The summed E-state index contributed by atoms with van der Waals surface area (Å²) < 4.78 is 10.7. The lowest BCUT2D eigenvalue weighted by atomic mass is 10.2. The van der Waals surface area contributed by atoms with Gasteiger partial charge in [0.05, 0.1) is 31.4 Å². The number of nitrogens with one attached hydrogen (secondary N) is 1. The van der Waals surface area contributed by atoms with E-state index in [1.165, 1.54) is 0 Å². The minimum Gasteiger partial charge on any atom is -0.379 e. The van der Waals surface area contributed by atoms with Gasteiger partial charge in [0.15, 0.2) is 0 Å². The Labute approximate surface area is 92.6 Å². The first kappa shape index (κ1) is 14.4. The fourth-order valence-corrected chi connectivity index (χ4v) is 1.10. The molecule has 15 heavy (non-hydrogen) atoms. The van der Waals surface area contributed by atoms with Gasteiger partial charge in [-0.2, -0.15) is 5.26 Å². The number of nitrogens with zero attached hydrogens (tertiary/aromatic N) is 1. The third kappa shape index (κ3) is 9.67. The van der Waals surface area contributed by atoms with E-state index >= 15 is 0 Å². The summed E-state index contributed by atoms with van der Waals surface area (Å²) in [6.45, 7) is 8.62. The van der Waals surface area contributed by atoms with Crippen molar-refractivity contribution in [3.05, 3.63) is 0 Å². The van der Waals surface area contributed by atoms with Crippen LogP contribution in [0.25, 0.3) is 0 Å². The molecule has 0 radical (unpaired) electrons. The topological polar surface area (TPSA) is 54.3 Å². The predicted octanol–water partition coefficient (Wildman–Crippen LogP) is 1.32. The van der Waals surface area contributed by atoms with Gasteiger partial charge in [-0.3, -0.25) is 0 Å². The number of hydrogen-bond donors (Lipinski definition) is 1. The van der Waals surface area contributed by atoms with Crippen LogP contribution in [0.5, 0.6) is 0 Å². The summed E-state index contributed by atoms with van der Waals surface area (Å²) in [5.74, 6) is 0. The van der Waals surface area contributed by atoms with Crippen LogP contribution in [-0.4, -0.2) is 38.5 Å². The molecule has 0 aliphatic heterocycles. The normalized spacial score (nSPS) is 12.7. The summed E-state index contributed by atoms with van der Waals surface area (Å²) in [4.78, 5) is 0. The molecule has 0 heterocycles. The third-order valence-electron chi connectivity index (χ3n) is 1.84. The zero-order chi connectivity index (χ0) is 11.5. The molecule has 0 aromatic carbocycles. The summed E-state index contributed by atoms with van der Waals surface area (Å²) in [6.07, 6.45) is 0.980. The Kier molecular flexibility index (Phi) is 9.49. The highest BCUT2D eigenvalue weighted by Crippen LogP contribution is 1.92. The van der Waals surface area contributed by atoms with Crippen molar-refractivity contribution >= 4 is 0 Å². The van der Waals surface area contributed by atoms with Crippen LogP contribution >= 0.6 is 0 Å². The Balaban J connectivity index is 3.26. The van der Waals surface area contributed by atoms with E-state index in [0.29, 0.717) is 19.8 Å². The molecular formula is C11H22N2O2. The molecule has 0 aliphatic carbocycles. The molecule has 0 aliphatic rings. The molecule has 4 heteroatoms. The molecule has 0 rings (SSSR count). The first-order chi connectivity index (χ1) is 7.20. The van der Waals surface area contributed by atoms with Crippen LogP contribution in [0.15, 0.2) is 0 Å². The van der Waals surface area contributed by atoms with Gasteiger partial charge in [-0.1, -0.05) is 6.92 Å². The van der Waals surface area contributed by atoms with Crippen molar-refractivity contribution in [1.82, 2.24) is 5.32 Å². The van der Waals surface area contributed by atoms with E-state index in [9.17, 15) is 0 Å². The van der Waals surface area contributed by atoms with Crippen molar-refractivity contribution in [2.45, 2.75) is 39.3 Å². The molecule has 0 fully saturated rings. The van der Waals surface area contributed by atoms with Gasteiger partial charge in [-0.05, 0) is 26.8 Å². The molecule has 0 amide bonds. The first-order valence-electron chi connectivity index (χ1n) is 5.53. The van der Waals surface area contributed by atoms with Crippen molar-refractivity contribution in [3.63, 3.8) is 0 Å². The number of ether oxygens (including phenoxy) is 2. The van der Waals surface area contributed by atoms with E-state index in [-0.39, 0.29) is 12.1 Å². The molecule has 0 aromatic rings. The monoisotopic (exact) mass is 214 g/mol. The largest absolute Gasteiger partial charge is 0.379 e. The van der Waals surface area contributed by atoms with Crippen molar-refractivity contribution in [2.75, 3.05) is 26.4 Å². The molecule has 0 saturated carbocycles. The lowest BCUT2D eigenvalue weighted by Crippen LogP contribution is -2.28. The maximum atomic E-state index is 8.74. The average molecular weight is 214 g/mol. The van der Waals surface area contributed by atoms with Crippen LogP contribution < -0.4 is 5.32 Å². The highest BCUT2D eigenvalue weighted by molar-refractivity contribution is 4.88. The second-order valence-corrected chi connectivity index (χ2v) is 3.56. The van der Waals surface area contributed by atoms with Gasteiger partial charge in [0, 0.05) is 6.61 Å². The maximum Gasteiger partial charge on any atom is 0.0974 e. The van der Waals surface area contributed by atoms with Crippen LogP contribution in [-0.2, 0) is 9.47 Å². The summed E-state index contributed by atoms with van der Waals surface area (Å²) in [5, 5.41) is 11.8. The summed E-state index contributed by atoms with van der Waals surface area (Å²) >= 11 is 0. The molecule has 4 nitrogen and oxygen atoms in total. The van der Waals surface area contributed by atoms with Crippen molar-refractivity contribution in [2.24, 2.45) is 0 Å². The molecule has 0 spiro atoms. The van der Waals surface area contributed by atoms with E-state index in [2.05, 4.69) is 11.4 Å². The zero-order valence-electron chi connectivity index (χ0n) is 9.95. The molecule has 88 valence electrons. The molecule has 1 atom stereocenters. The molecular weight excluding hydrogens is 192 g/mol. The second-order valence-electron chi connectivity index (χ2n) is 3.56. The van der Waals surface area contributed by atoms with Crippen LogP contribution in [0.2, 0.25) is 0 Å². The maximum absolute atomic E-state index is 8.74. The van der Waals surface area contributed by atoms with E-state index in [1.807, 2.05) is 20.8 Å². The molecule has 1 N–H and O–H groups in total. The van der Waals surface area contributed by atoms with Crippen molar-refractivity contribution < 1.29 is 9.47 Å². The van der Waals surface area contributed by atoms with Crippen LogP contribution in [0.4, 0.5) is 0 Å². The lowest BCUT2D eigenvalue weighted by molar-refractivity contribution is 0.0182. The number of hydrogen-bond acceptors (Lipinski definition) is 4. The van der Waals surface area contributed by atoms with Crippen LogP contribution in [0.1, 0.15) is 27.2 Å². The van der Waals surface area contributed by atoms with Gasteiger partial charge in [-0.25, -0.2) is 0 Å². The van der Waals surface area contributed by atoms with Crippen molar-refractivity contribution in [1.29, 1.82) is 5.26 Å². The highest BCUT2D eigenvalue weighted by Gasteiger charge is 2.04. The molecule has 0 saturated heterocycles. The van der Waals surface area contributed by atoms with Crippen molar-refractivity contribution in [3.8, 4) is 6.07 Å². The van der Waals surface area contributed by atoms with E-state index in [0.717, 1.165) is 13.0 Å². The van der Waals surface area contributed by atoms with Gasteiger partial charge < -0.3 is 14.8 Å². The SMILES string of the molecule is CCNC(C#N)CCOCCOC(C)C. The van der Waals surface area contributed by atoms with E-state index in [1.54, 1.807) is 0 Å². The Morgan fingerprint density at radius 1 is 1.27 bits per heavy atom. The smallest absolute Gasteiger partial charge is 0.0974 e. The summed E-state index contributed by atoms with van der Waals surface area (Å²) in [7, 11) is 0. The highest BCUT2D eigenvalue weighted by atomic mass is 16.5. The minimum absolute atomic E-state index is 0.0963. The van der Waals surface area contributed by atoms with Gasteiger partial charge in [0.2, 0.25) is 0 Å². The quantitative estimate of drug-likeness (QED) is 0.588. The zero-order valence-corrected chi connectivity index (χ0v) is 9.95. The van der Waals surface area contributed by atoms with Crippen LogP contribution in [0, 0.1) is 11.3 Å². The Morgan fingerprint density at radius 2 is 2.00 bits per heavy atom. The molecule has 1 unspecified atom stereocenters. The molecule has 0 aromatic heterocycles. The van der Waals surface area contributed by atoms with Crippen LogP contribution in [0.3, 0.4) is 0 Å². The van der Waals surface area contributed by atoms with Gasteiger partial charge in [0.25, 0.3) is 0 Å². The lowest BCUT2D eigenvalue weighted by Gasteiger charge is -2.11. The van der Waals surface area contributed by atoms with Gasteiger partial charge >= 0.3 is 0 Å². The summed E-state index contributed by atoms with van der Waals surface area (Å²) in [5.41, 5.74) is 0. The third-order valence-corrected chi connectivity index (χ3v) is 1.84. The Morgan fingerprint density at radius 3 is 2.53 bits per heavy atom. The standard InChI is InChI=1S/C11H22N2O2/c1-4-13-11(9-12)5-6-14-7-8-15-10(2)3/h10-11,13H,4-8H2,1-3H3. The fraction of sp³-hybridized carbons (Fsp3) is 0.909. The summed E-state index contributed by atoms with van der Waals surface area (Å²) in [6, 6.07) is 2.09. The fourth-order valence-electron chi connectivity index (χ4n) is 1.10. The van der Waals surface area contributed by atoms with E-state index in [4.69, 9.17) is 14.7 Å². The van der Waals surface area contributed by atoms with E-state index < -0.39 is 0 Å². The average Bonchev–Trinajstić information content (AvgIpc) is 2.21. The first-order valence-corrected chi connectivity index (χ1v) is 5.53. The predicted molar refractivity (Wildman–Crippen MR) is 59.6 cm³/mol. The molecule has 0 bridgehead atoms. The number of rotatable bonds is 9. The Bertz CT molecular complexity index is 178. The van der Waals surface area contributed by atoms with Gasteiger partial charge in [-0.15, -0.1) is 0 Å². The van der Waals surface area contributed by atoms with Gasteiger partial charge in [0.1, 0.15) is 0 Å². The Hall–Kier alpha value is -0.630.